The second kappa shape index (κ2) is 10.6. The number of nitrogens with zero attached hydrogens (tertiary/aromatic N) is 2. The van der Waals surface area contributed by atoms with Gasteiger partial charge >= 0.3 is 0 Å². The van der Waals surface area contributed by atoms with Crippen molar-refractivity contribution in [3.05, 3.63) is 29.8 Å². The van der Waals surface area contributed by atoms with Crippen LogP contribution in [0.1, 0.15) is 52.0 Å². The minimum absolute atomic E-state index is 0.0512. The molecule has 1 aromatic rings. The molecule has 6 heteroatoms. The molecule has 6 nitrogen and oxygen atoms in total. The number of hydrogen-bond acceptors (Lipinski definition) is 3. The lowest BCUT2D eigenvalue weighted by atomic mass is 9.97. The number of anilines is 1. The average Bonchev–Trinajstić information content (AvgIpc) is 3.37. The Balaban J connectivity index is 1.59. The van der Waals surface area contributed by atoms with Crippen LogP contribution < -0.4 is 10.6 Å². The number of benzene rings is 1. The van der Waals surface area contributed by atoms with E-state index in [4.69, 9.17) is 9.73 Å². The maximum atomic E-state index is 12.3. The van der Waals surface area contributed by atoms with E-state index in [1.807, 2.05) is 18.2 Å². The Bertz CT molecular complexity index is 698. The van der Waals surface area contributed by atoms with Crippen molar-refractivity contribution in [2.45, 2.75) is 59.1 Å². The predicted molar refractivity (Wildman–Crippen MR) is 118 cm³/mol. The number of rotatable bonds is 7. The summed E-state index contributed by atoms with van der Waals surface area (Å²) in [6.45, 7) is 11.0. The highest BCUT2D eigenvalue weighted by Gasteiger charge is 2.25. The van der Waals surface area contributed by atoms with Crippen molar-refractivity contribution in [2.24, 2.45) is 16.8 Å². The Kier molecular flexibility index (Phi) is 7.92. The summed E-state index contributed by atoms with van der Waals surface area (Å²) in [6, 6.07) is 7.95. The lowest BCUT2D eigenvalue weighted by Gasteiger charge is -2.22. The van der Waals surface area contributed by atoms with Gasteiger partial charge in [0, 0.05) is 31.9 Å². The van der Waals surface area contributed by atoms with E-state index < -0.39 is 0 Å². The quantitative estimate of drug-likeness (QED) is 0.542. The maximum absolute atomic E-state index is 12.3. The van der Waals surface area contributed by atoms with Crippen LogP contribution in [0.25, 0.3) is 0 Å². The van der Waals surface area contributed by atoms with E-state index in [1.165, 1.54) is 12.8 Å². The molecule has 1 aromatic carbocycles. The minimum atomic E-state index is -0.314. The van der Waals surface area contributed by atoms with Crippen molar-refractivity contribution in [1.29, 1.82) is 0 Å². The van der Waals surface area contributed by atoms with Crippen molar-refractivity contribution in [2.75, 3.05) is 31.6 Å². The van der Waals surface area contributed by atoms with Crippen LogP contribution in [0.5, 0.6) is 0 Å². The fourth-order valence-electron chi connectivity index (χ4n) is 4.23. The Hall–Kier alpha value is -2.08. The third-order valence-corrected chi connectivity index (χ3v) is 5.55. The van der Waals surface area contributed by atoms with Crippen LogP contribution >= 0.6 is 0 Å². The molecule has 160 valence electrons. The third-order valence-electron chi connectivity index (χ3n) is 5.55. The number of carbonyl (C=O) groups is 1. The molecule has 0 aliphatic carbocycles. The molecule has 2 unspecified atom stereocenters. The highest BCUT2D eigenvalue weighted by molar-refractivity contribution is 5.94. The molecular weight excluding hydrogens is 364 g/mol. The van der Waals surface area contributed by atoms with Crippen LogP contribution in [0.2, 0.25) is 0 Å². The number of likely N-dealkylation sites (tertiary alicyclic amines) is 1. The van der Waals surface area contributed by atoms with Crippen molar-refractivity contribution >= 4 is 17.6 Å². The van der Waals surface area contributed by atoms with Gasteiger partial charge in [0.25, 0.3) is 5.91 Å². The zero-order chi connectivity index (χ0) is 20.6. The van der Waals surface area contributed by atoms with Crippen molar-refractivity contribution < 1.29 is 9.53 Å². The van der Waals surface area contributed by atoms with Gasteiger partial charge in [-0.2, -0.15) is 0 Å². The normalized spacial score (nSPS) is 22.3. The van der Waals surface area contributed by atoms with Gasteiger partial charge in [0.15, 0.2) is 5.96 Å². The SMILES string of the molecule is CCNC(=NCc1cccc(NC(=O)C2CCCO2)c1)N1CCC(CC(C)C)C1. The van der Waals surface area contributed by atoms with Crippen LogP contribution in [0, 0.1) is 11.8 Å². The summed E-state index contributed by atoms with van der Waals surface area (Å²) < 4.78 is 5.46. The highest BCUT2D eigenvalue weighted by Crippen LogP contribution is 2.23. The first-order valence-corrected chi connectivity index (χ1v) is 11.1. The number of carbonyl (C=O) groups excluding carboxylic acids is 1. The number of amides is 1. The summed E-state index contributed by atoms with van der Waals surface area (Å²) in [5.41, 5.74) is 1.89. The van der Waals surface area contributed by atoms with Crippen LogP contribution in [0.15, 0.2) is 29.3 Å². The number of hydrogen-bond donors (Lipinski definition) is 2. The molecule has 2 fully saturated rings. The van der Waals surface area contributed by atoms with Crippen molar-refractivity contribution in [3.63, 3.8) is 0 Å². The number of nitrogens with one attached hydrogen (secondary N) is 2. The molecule has 29 heavy (non-hydrogen) atoms. The van der Waals surface area contributed by atoms with E-state index in [0.29, 0.717) is 13.2 Å². The molecule has 2 N–H and O–H groups in total. The highest BCUT2D eigenvalue weighted by atomic mass is 16.5. The second-order valence-electron chi connectivity index (χ2n) is 8.59. The van der Waals surface area contributed by atoms with Gasteiger partial charge in [-0.3, -0.25) is 4.79 Å². The Labute approximate surface area is 175 Å². The standard InChI is InChI=1S/C23H36N4O2/c1-4-24-23(27-11-10-19(16-27)13-17(2)3)25-15-18-7-5-8-20(14-18)26-22(28)21-9-6-12-29-21/h5,7-8,14,17,19,21H,4,6,9-13,15-16H2,1-3H3,(H,24,25)(H,26,28). The zero-order valence-corrected chi connectivity index (χ0v) is 18.1. The van der Waals surface area contributed by atoms with Gasteiger partial charge in [0.2, 0.25) is 0 Å². The lowest BCUT2D eigenvalue weighted by Crippen LogP contribution is -2.40. The maximum Gasteiger partial charge on any atom is 0.253 e. The number of aliphatic imine (C=N–C) groups is 1. The van der Waals surface area contributed by atoms with Crippen molar-refractivity contribution in [3.8, 4) is 0 Å². The van der Waals surface area contributed by atoms with Gasteiger partial charge in [-0.15, -0.1) is 0 Å². The smallest absolute Gasteiger partial charge is 0.253 e. The molecule has 0 spiro atoms. The largest absolute Gasteiger partial charge is 0.368 e. The monoisotopic (exact) mass is 400 g/mol. The van der Waals surface area contributed by atoms with E-state index in [1.54, 1.807) is 0 Å². The molecule has 2 heterocycles. The molecular formula is C23H36N4O2. The van der Waals surface area contributed by atoms with E-state index in [0.717, 1.165) is 61.5 Å². The molecule has 2 aliphatic rings. The van der Waals surface area contributed by atoms with E-state index in [-0.39, 0.29) is 12.0 Å². The van der Waals surface area contributed by atoms with Gasteiger partial charge < -0.3 is 20.3 Å². The van der Waals surface area contributed by atoms with Gasteiger partial charge in [-0.05, 0) is 62.1 Å². The Morgan fingerprint density at radius 3 is 2.93 bits per heavy atom. The fraction of sp³-hybridized carbons (Fsp3) is 0.652. The molecule has 1 amide bonds. The first-order chi connectivity index (χ1) is 14.0. The molecule has 2 saturated heterocycles. The summed E-state index contributed by atoms with van der Waals surface area (Å²) in [6.07, 6.45) is 3.96. The lowest BCUT2D eigenvalue weighted by molar-refractivity contribution is -0.124. The number of ether oxygens (including phenoxy) is 1. The summed E-state index contributed by atoms with van der Waals surface area (Å²) in [7, 11) is 0. The Morgan fingerprint density at radius 1 is 1.34 bits per heavy atom. The fourth-order valence-corrected chi connectivity index (χ4v) is 4.23. The summed E-state index contributed by atoms with van der Waals surface area (Å²) in [5.74, 6) is 2.44. The topological polar surface area (TPSA) is 66.0 Å². The molecule has 0 saturated carbocycles. The average molecular weight is 401 g/mol. The molecule has 2 atom stereocenters. The molecule has 0 aromatic heterocycles. The molecule has 0 bridgehead atoms. The van der Waals surface area contributed by atoms with Gasteiger partial charge in [0.05, 0.1) is 6.54 Å². The first kappa shape index (κ1) is 21.6. The van der Waals surface area contributed by atoms with Crippen LogP contribution in [-0.4, -0.2) is 49.1 Å². The zero-order valence-electron chi connectivity index (χ0n) is 18.1. The molecule has 2 aliphatic heterocycles. The Morgan fingerprint density at radius 2 is 2.21 bits per heavy atom. The van der Waals surface area contributed by atoms with Crippen LogP contribution in [0.3, 0.4) is 0 Å². The van der Waals surface area contributed by atoms with E-state index in [9.17, 15) is 4.79 Å². The second-order valence-corrected chi connectivity index (χ2v) is 8.59. The van der Waals surface area contributed by atoms with Crippen LogP contribution in [-0.2, 0) is 16.1 Å². The number of guanidine groups is 1. The van der Waals surface area contributed by atoms with Gasteiger partial charge in [0.1, 0.15) is 6.10 Å². The predicted octanol–water partition coefficient (Wildman–Crippen LogP) is 3.64. The molecule has 0 radical (unpaired) electrons. The third kappa shape index (κ3) is 6.46. The summed E-state index contributed by atoms with van der Waals surface area (Å²) in [5, 5.41) is 6.42. The summed E-state index contributed by atoms with van der Waals surface area (Å²) in [4.78, 5) is 19.5. The first-order valence-electron chi connectivity index (χ1n) is 11.1. The molecule has 3 rings (SSSR count). The summed E-state index contributed by atoms with van der Waals surface area (Å²) >= 11 is 0. The van der Waals surface area contributed by atoms with Crippen molar-refractivity contribution in [1.82, 2.24) is 10.2 Å². The van der Waals surface area contributed by atoms with Gasteiger partial charge in [-0.25, -0.2) is 4.99 Å². The van der Waals surface area contributed by atoms with Crippen LogP contribution in [0.4, 0.5) is 5.69 Å². The van der Waals surface area contributed by atoms with E-state index in [2.05, 4.69) is 42.4 Å². The van der Waals surface area contributed by atoms with E-state index >= 15 is 0 Å². The van der Waals surface area contributed by atoms with Gasteiger partial charge in [-0.1, -0.05) is 26.0 Å². The minimum Gasteiger partial charge on any atom is -0.368 e.